The van der Waals surface area contributed by atoms with Crippen molar-refractivity contribution in [3.8, 4) is 0 Å². The van der Waals surface area contributed by atoms with Crippen LogP contribution in [0.4, 0.5) is 0 Å². The Bertz CT molecular complexity index is 749. The van der Waals surface area contributed by atoms with Crippen molar-refractivity contribution in [3.63, 3.8) is 0 Å². The predicted molar refractivity (Wildman–Crippen MR) is 104 cm³/mol. The van der Waals surface area contributed by atoms with Gasteiger partial charge in [-0.05, 0) is 24.0 Å². The molecule has 0 aliphatic carbocycles. The predicted octanol–water partition coefficient (Wildman–Crippen LogP) is 2.57. The largest absolute Gasteiger partial charge is 0.481 e. The lowest BCUT2D eigenvalue weighted by Gasteiger charge is -2.16. The van der Waals surface area contributed by atoms with Crippen LogP contribution in [0.5, 0.6) is 0 Å². The highest BCUT2D eigenvalue weighted by molar-refractivity contribution is 5.85. The van der Waals surface area contributed by atoms with Gasteiger partial charge in [0.25, 0.3) is 0 Å². The van der Waals surface area contributed by atoms with E-state index >= 15 is 0 Å². The lowest BCUT2D eigenvalue weighted by atomic mass is 9.95. The van der Waals surface area contributed by atoms with Gasteiger partial charge in [-0.25, -0.2) is 0 Å². The van der Waals surface area contributed by atoms with E-state index in [1.54, 1.807) is 0 Å². The second-order valence-electron chi connectivity index (χ2n) is 7.11. The van der Waals surface area contributed by atoms with Gasteiger partial charge in [-0.1, -0.05) is 60.7 Å². The quantitative estimate of drug-likeness (QED) is 0.705. The third-order valence-corrected chi connectivity index (χ3v) is 5.08. The molecule has 0 unspecified atom stereocenters. The van der Waals surface area contributed by atoms with Gasteiger partial charge in [-0.3, -0.25) is 14.5 Å². The Labute approximate surface area is 160 Å². The number of aryl methyl sites for hydroxylation is 1. The minimum absolute atomic E-state index is 0.147. The number of carbonyl (C=O) groups is 2. The molecule has 5 nitrogen and oxygen atoms in total. The zero-order chi connectivity index (χ0) is 19.1. The van der Waals surface area contributed by atoms with Crippen molar-refractivity contribution in [1.29, 1.82) is 0 Å². The number of benzene rings is 2. The Morgan fingerprint density at radius 3 is 2.15 bits per heavy atom. The molecule has 2 aromatic carbocycles. The molecule has 1 fully saturated rings. The smallest absolute Gasteiger partial charge is 0.308 e. The Morgan fingerprint density at radius 1 is 0.926 bits per heavy atom. The molecule has 0 radical (unpaired) electrons. The maximum Gasteiger partial charge on any atom is 0.308 e. The van der Waals surface area contributed by atoms with Crippen molar-refractivity contribution in [2.45, 2.75) is 19.4 Å². The molecular weight excluding hydrogens is 340 g/mol. The van der Waals surface area contributed by atoms with Crippen LogP contribution in [0.2, 0.25) is 0 Å². The SMILES string of the molecule is O=C(NCCCc1ccccc1)[C@H]1CN(Cc2ccccc2)C[C@H]1C(=O)O. The lowest BCUT2D eigenvalue weighted by molar-refractivity contribution is -0.145. The molecule has 3 rings (SSSR count). The molecule has 2 atom stereocenters. The third kappa shape index (κ3) is 5.41. The van der Waals surface area contributed by atoms with Crippen molar-refractivity contribution in [3.05, 3.63) is 71.8 Å². The highest BCUT2D eigenvalue weighted by Gasteiger charge is 2.41. The van der Waals surface area contributed by atoms with E-state index in [0.29, 0.717) is 26.2 Å². The third-order valence-electron chi connectivity index (χ3n) is 5.08. The molecule has 5 heteroatoms. The van der Waals surface area contributed by atoms with Crippen LogP contribution in [0.15, 0.2) is 60.7 Å². The average molecular weight is 366 g/mol. The summed E-state index contributed by atoms with van der Waals surface area (Å²) in [5.74, 6) is -2.19. The number of likely N-dealkylation sites (tertiary alicyclic amines) is 1. The molecule has 27 heavy (non-hydrogen) atoms. The molecule has 1 aliphatic rings. The molecule has 0 bridgehead atoms. The van der Waals surface area contributed by atoms with Gasteiger partial charge >= 0.3 is 5.97 Å². The summed E-state index contributed by atoms with van der Waals surface area (Å²) in [6.07, 6.45) is 1.74. The van der Waals surface area contributed by atoms with Crippen LogP contribution in [0.3, 0.4) is 0 Å². The van der Waals surface area contributed by atoms with Crippen molar-refractivity contribution in [2.24, 2.45) is 11.8 Å². The standard InChI is InChI=1S/C22H26N2O3/c25-21(23-13-7-12-17-8-3-1-4-9-17)19-15-24(16-20(19)22(26)27)14-18-10-5-2-6-11-18/h1-6,8-11,19-20H,7,12-16H2,(H,23,25)(H,26,27)/t19-,20+/m0/s1. The number of carboxylic acid groups (broad SMARTS) is 1. The van der Waals surface area contributed by atoms with Gasteiger partial charge in [-0.15, -0.1) is 0 Å². The van der Waals surface area contributed by atoms with Crippen LogP contribution in [0, 0.1) is 11.8 Å². The van der Waals surface area contributed by atoms with E-state index in [2.05, 4.69) is 22.3 Å². The number of rotatable bonds is 8. The molecule has 2 N–H and O–H groups in total. The Hall–Kier alpha value is -2.66. The van der Waals surface area contributed by atoms with Crippen LogP contribution in [0.25, 0.3) is 0 Å². The first kappa shape index (κ1) is 19.1. The molecule has 0 saturated carbocycles. The normalized spacial score (nSPS) is 19.7. The van der Waals surface area contributed by atoms with Gasteiger partial charge < -0.3 is 10.4 Å². The highest BCUT2D eigenvalue weighted by atomic mass is 16.4. The van der Waals surface area contributed by atoms with E-state index in [-0.39, 0.29) is 5.91 Å². The molecule has 0 spiro atoms. The Kier molecular flexibility index (Phi) is 6.60. The Morgan fingerprint density at radius 2 is 1.52 bits per heavy atom. The summed E-state index contributed by atoms with van der Waals surface area (Å²) in [4.78, 5) is 26.2. The van der Waals surface area contributed by atoms with E-state index in [1.807, 2.05) is 48.5 Å². The molecule has 142 valence electrons. The lowest BCUT2D eigenvalue weighted by Crippen LogP contribution is -2.38. The number of nitrogens with one attached hydrogen (secondary N) is 1. The van der Waals surface area contributed by atoms with E-state index in [1.165, 1.54) is 5.56 Å². The number of carboxylic acids is 1. The van der Waals surface area contributed by atoms with E-state index < -0.39 is 17.8 Å². The van der Waals surface area contributed by atoms with Gasteiger partial charge in [0.2, 0.25) is 5.91 Å². The van der Waals surface area contributed by atoms with E-state index in [0.717, 1.165) is 18.4 Å². The van der Waals surface area contributed by atoms with Crippen molar-refractivity contribution in [2.75, 3.05) is 19.6 Å². The van der Waals surface area contributed by atoms with Crippen LogP contribution in [-0.2, 0) is 22.6 Å². The van der Waals surface area contributed by atoms with E-state index in [9.17, 15) is 14.7 Å². The summed E-state index contributed by atoms with van der Waals surface area (Å²) in [7, 11) is 0. The molecule has 1 saturated heterocycles. The first-order chi connectivity index (χ1) is 13.1. The van der Waals surface area contributed by atoms with Crippen LogP contribution in [0.1, 0.15) is 17.5 Å². The van der Waals surface area contributed by atoms with Crippen molar-refractivity contribution in [1.82, 2.24) is 10.2 Å². The minimum Gasteiger partial charge on any atom is -0.481 e. The number of aliphatic carboxylic acids is 1. The second kappa shape index (κ2) is 9.33. The first-order valence-electron chi connectivity index (χ1n) is 9.44. The molecule has 2 aromatic rings. The zero-order valence-corrected chi connectivity index (χ0v) is 15.4. The van der Waals surface area contributed by atoms with E-state index in [4.69, 9.17) is 0 Å². The molecule has 1 amide bonds. The number of hydrogen-bond donors (Lipinski definition) is 2. The van der Waals surface area contributed by atoms with Crippen LogP contribution in [-0.4, -0.2) is 41.5 Å². The molecule has 1 aliphatic heterocycles. The first-order valence-corrected chi connectivity index (χ1v) is 9.44. The highest BCUT2D eigenvalue weighted by Crippen LogP contribution is 2.25. The van der Waals surface area contributed by atoms with Crippen LogP contribution >= 0.6 is 0 Å². The van der Waals surface area contributed by atoms with Crippen molar-refractivity contribution >= 4 is 11.9 Å². The number of hydrogen-bond acceptors (Lipinski definition) is 3. The summed E-state index contributed by atoms with van der Waals surface area (Å²) in [6, 6.07) is 20.1. The maximum absolute atomic E-state index is 12.6. The number of amides is 1. The van der Waals surface area contributed by atoms with Gasteiger partial charge in [0.1, 0.15) is 0 Å². The summed E-state index contributed by atoms with van der Waals surface area (Å²) in [5.41, 5.74) is 2.37. The minimum atomic E-state index is -0.894. The summed E-state index contributed by atoms with van der Waals surface area (Å²) in [6.45, 7) is 2.13. The van der Waals surface area contributed by atoms with Gasteiger partial charge in [0, 0.05) is 26.2 Å². The summed E-state index contributed by atoms with van der Waals surface area (Å²) in [5, 5.41) is 12.5. The Balaban J connectivity index is 1.50. The summed E-state index contributed by atoms with van der Waals surface area (Å²) < 4.78 is 0. The topological polar surface area (TPSA) is 69.6 Å². The number of carbonyl (C=O) groups excluding carboxylic acids is 1. The van der Waals surface area contributed by atoms with Crippen molar-refractivity contribution < 1.29 is 14.7 Å². The van der Waals surface area contributed by atoms with Gasteiger partial charge in [-0.2, -0.15) is 0 Å². The second-order valence-corrected chi connectivity index (χ2v) is 7.11. The van der Waals surface area contributed by atoms with Crippen LogP contribution < -0.4 is 5.32 Å². The fourth-order valence-corrected chi connectivity index (χ4v) is 3.65. The maximum atomic E-state index is 12.6. The average Bonchev–Trinajstić information content (AvgIpc) is 3.11. The molecule has 0 aromatic heterocycles. The molecule has 1 heterocycles. The molecular formula is C22H26N2O3. The van der Waals surface area contributed by atoms with Gasteiger partial charge in [0.15, 0.2) is 0 Å². The fraction of sp³-hybridized carbons (Fsp3) is 0.364. The fourth-order valence-electron chi connectivity index (χ4n) is 3.65. The van der Waals surface area contributed by atoms with Gasteiger partial charge in [0.05, 0.1) is 11.8 Å². The number of nitrogens with zero attached hydrogens (tertiary/aromatic N) is 1. The zero-order valence-electron chi connectivity index (χ0n) is 15.4. The monoisotopic (exact) mass is 366 g/mol. The summed E-state index contributed by atoms with van der Waals surface area (Å²) >= 11 is 0.